The van der Waals surface area contributed by atoms with E-state index in [1.807, 2.05) is 4.68 Å². The molecule has 1 aromatic carbocycles. The average Bonchev–Trinajstić information content (AvgIpc) is 3.57. The van der Waals surface area contributed by atoms with Crippen LogP contribution in [0.4, 0.5) is 5.69 Å². The topological polar surface area (TPSA) is 64.2 Å². The van der Waals surface area contributed by atoms with Gasteiger partial charge in [0.2, 0.25) is 0 Å². The molecular formula is C26H35N7O. The zero-order chi connectivity index (χ0) is 23.2. The fourth-order valence-corrected chi connectivity index (χ4v) is 5.98. The molecule has 2 fully saturated rings. The van der Waals surface area contributed by atoms with Gasteiger partial charge in [0.05, 0.1) is 12.1 Å². The van der Waals surface area contributed by atoms with E-state index < -0.39 is 0 Å². The van der Waals surface area contributed by atoms with Gasteiger partial charge in [-0.2, -0.15) is 5.10 Å². The van der Waals surface area contributed by atoms with E-state index in [0.717, 1.165) is 47.7 Å². The van der Waals surface area contributed by atoms with E-state index in [9.17, 15) is 0 Å². The predicted octanol–water partition coefficient (Wildman–Crippen LogP) is 4.09. The number of hydrogen-bond donors (Lipinski definition) is 0. The van der Waals surface area contributed by atoms with Crippen LogP contribution in [0.15, 0.2) is 30.7 Å². The number of ether oxygens (including phenoxy) is 1. The highest BCUT2D eigenvalue weighted by molar-refractivity contribution is 5.72. The fraction of sp³-hybridized carbons (Fsp3) is 0.577. The van der Waals surface area contributed by atoms with E-state index in [-0.39, 0.29) is 6.04 Å². The summed E-state index contributed by atoms with van der Waals surface area (Å²) in [6.07, 6.45) is 8.89. The molecule has 8 heteroatoms. The van der Waals surface area contributed by atoms with E-state index >= 15 is 0 Å². The maximum atomic E-state index is 6.25. The summed E-state index contributed by atoms with van der Waals surface area (Å²) in [5, 5.41) is 4.39. The number of piperidine rings is 1. The number of aromatic nitrogens is 5. The lowest BCUT2D eigenvalue weighted by molar-refractivity contribution is 0.199. The Morgan fingerprint density at radius 3 is 2.71 bits per heavy atom. The van der Waals surface area contributed by atoms with Gasteiger partial charge in [-0.05, 0) is 77.7 Å². The third-order valence-corrected chi connectivity index (χ3v) is 7.80. The monoisotopic (exact) mass is 461 g/mol. The average molecular weight is 462 g/mol. The number of imidazole rings is 1. The molecule has 6 rings (SSSR count). The fourth-order valence-electron chi connectivity index (χ4n) is 5.98. The SMILES string of the molecule is CC(C)n1ncnc1-c1cn2c(n1)-c1ccc(N3CCCC3C3CCN(C)CC3)cc1OCC2. The second-order valence-corrected chi connectivity index (χ2v) is 10.3. The van der Waals surface area contributed by atoms with Crippen LogP contribution >= 0.6 is 0 Å². The molecule has 0 amide bonds. The van der Waals surface area contributed by atoms with Crippen LogP contribution in [0.2, 0.25) is 0 Å². The van der Waals surface area contributed by atoms with Crippen molar-refractivity contribution < 1.29 is 4.74 Å². The molecule has 8 nitrogen and oxygen atoms in total. The van der Waals surface area contributed by atoms with E-state index in [2.05, 4.69) is 69.7 Å². The van der Waals surface area contributed by atoms with Crippen molar-refractivity contribution in [1.29, 1.82) is 0 Å². The first-order valence-corrected chi connectivity index (χ1v) is 12.8. The van der Waals surface area contributed by atoms with Gasteiger partial charge in [-0.1, -0.05) is 0 Å². The molecule has 5 heterocycles. The van der Waals surface area contributed by atoms with Crippen LogP contribution in [0.1, 0.15) is 45.6 Å². The molecule has 1 unspecified atom stereocenters. The highest BCUT2D eigenvalue weighted by Gasteiger charge is 2.34. The Labute approximate surface area is 201 Å². The van der Waals surface area contributed by atoms with Crippen LogP contribution in [-0.4, -0.2) is 68.5 Å². The van der Waals surface area contributed by atoms with Gasteiger partial charge in [-0.3, -0.25) is 0 Å². The van der Waals surface area contributed by atoms with Gasteiger partial charge >= 0.3 is 0 Å². The molecule has 34 heavy (non-hydrogen) atoms. The van der Waals surface area contributed by atoms with Crippen molar-refractivity contribution in [3.63, 3.8) is 0 Å². The summed E-state index contributed by atoms with van der Waals surface area (Å²) in [7, 11) is 2.24. The van der Waals surface area contributed by atoms with E-state index in [1.165, 1.54) is 44.5 Å². The zero-order valence-corrected chi connectivity index (χ0v) is 20.5. The molecule has 0 N–H and O–H groups in total. The molecule has 2 aromatic heterocycles. The van der Waals surface area contributed by atoms with Crippen molar-refractivity contribution in [3.05, 3.63) is 30.7 Å². The maximum absolute atomic E-state index is 6.25. The molecule has 0 bridgehead atoms. The number of likely N-dealkylation sites (tertiary alicyclic amines) is 1. The summed E-state index contributed by atoms with van der Waals surface area (Å²) >= 11 is 0. The highest BCUT2D eigenvalue weighted by atomic mass is 16.5. The van der Waals surface area contributed by atoms with Gasteiger partial charge in [0, 0.05) is 36.6 Å². The molecule has 3 aliphatic heterocycles. The van der Waals surface area contributed by atoms with Crippen LogP contribution in [0.25, 0.3) is 22.9 Å². The molecular weight excluding hydrogens is 426 g/mol. The van der Waals surface area contributed by atoms with Crippen LogP contribution in [0.3, 0.4) is 0 Å². The highest BCUT2D eigenvalue weighted by Crippen LogP contribution is 2.40. The van der Waals surface area contributed by atoms with Gasteiger partial charge in [0.15, 0.2) is 5.82 Å². The van der Waals surface area contributed by atoms with Crippen molar-refractivity contribution in [3.8, 4) is 28.7 Å². The van der Waals surface area contributed by atoms with Gasteiger partial charge < -0.3 is 19.1 Å². The molecule has 180 valence electrons. The third-order valence-electron chi connectivity index (χ3n) is 7.80. The smallest absolute Gasteiger partial charge is 0.178 e. The third kappa shape index (κ3) is 3.78. The summed E-state index contributed by atoms with van der Waals surface area (Å²) in [4.78, 5) is 14.6. The van der Waals surface area contributed by atoms with E-state index in [1.54, 1.807) is 6.33 Å². The van der Waals surface area contributed by atoms with Crippen molar-refractivity contribution in [1.82, 2.24) is 29.2 Å². The molecule has 3 aromatic rings. The van der Waals surface area contributed by atoms with Crippen molar-refractivity contribution in [2.24, 2.45) is 5.92 Å². The van der Waals surface area contributed by atoms with Crippen molar-refractivity contribution in [2.75, 3.05) is 38.2 Å². The number of rotatable bonds is 4. The molecule has 0 spiro atoms. The summed E-state index contributed by atoms with van der Waals surface area (Å²) in [6, 6.07) is 7.61. The number of benzene rings is 1. The summed E-state index contributed by atoms with van der Waals surface area (Å²) in [5.41, 5.74) is 3.21. The molecule has 0 aliphatic carbocycles. The normalized spacial score (nSPS) is 21.4. The van der Waals surface area contributed by atoms with Gasteiger partial charge in [-0.25, -0.2) is 14.6 Å². The summed E-state index contributed by atoms with van der Waals surface area (Å²) in [6.45, 7) is 9.20. The Kier molecular flexibility index (Phi) is 5.56. The Morgan fingerprint density at radius 2 is 1.88 bits per heavy atom. The minimum Gasteiger partial charge on any atom is -0.491 e. The molecule has 0 saturated carbocycles. The minimum absolute atomic E-state index is 0.232. The van der Waals surface area contributed by atoms with Crippen LogP contribution in [0.5, 0.6) is 5.75 Å². The quantitative estimate of drug-likeness (QED) is 0.583. The van der Waals surface area contributed by atoms with Crippen molar-refractivity contribution in [2.45, 2.75) is 58.2 Å². The van der Waals surface area contributed by atoms with E-state index in [0.29, 0.717) is 12.6 Å². The number of fused-ring (bicyclic) bond motifs is 3. The van der Waals surface area contributed by atoms with Crippen molar-refractivity contribution >= 4 is 5.69 Å². The van der Waals surface area contributed by atoms with Crippen LogP contribution < -0.4 is 9.64 Å². The van der Waals surface area contributed by atoms with Gasteiger partial charge in [-0.15, -0.1) is 0 Å². The lowest BCUT2D eigenvalue weighted by atomic mass is 9.88. The first-order chi connectivity index (χ1) is 16.6. The number of anilines is 1. The second kappa shape index (κ2) is 8.73. The first-order valence-electron chi connectivity index (χ1n) is 12.8. The van der Waals surface area contributed by atoms with Gasteiger partial charge in [0.25, 0.3) is 0 Å². The largest absolute Gasteiger partial charge is 0.491 e. The van der Waals surface area contributed by atoms with Crippen LogP contribution in [0, 0.1) is 5.92 Å². The Morgan fingerprint density at radius 1 is 1.03 bits per heavy atom. The minimum atomic E-state index is 0.232. The zero-order valence-electron chi connectivity index (χ0n) is 20.5. The standard InChI is InChI=1S/C26H35N7O/c1-18(2)33-26(27-17-28-33)22-16-31-13-14-34-24-15-20(6-7-21(24)25(31)29-22)32-10-4-5-23(32)19-8-11-30(3)12-9-19/h6-7,15-19,23H,4-5,8-14H2,1-3H3. The molecule has 3 aliphatic rings. The van der Waals surface area contributed by atoms with Crippen LogP contribution in [-0.2, 0) is 6.54 Å². The lowest BCUT2D eigenvalue weighted by Gasteiger charge is -2.38. The Hall–Kier alpha value is -2.87. The summed E-state index contributed by atoms with van der Waals surface area (Å²) < 4.78 is 10.4. The van der Waals surface area contributed by atoms with Gasteiger partial charge in [0.1, 0.15) is 30.2 Å². The number of nitrogens with zero attached hydrogens (tertiary/aromatic N) is 7. The molecule has 1 atom stereocenters. The molecule has 2 saturated heterocycles. The Balaban J connectivity index is 1.31. The summed E-state index contributed by atoms with van der Waals surface area (Å²) in [5.74, 6) is 3.49. The van der Waals surface area contributed by atoms with E-state index in [4.69, 9.17) is 9.72 Å². The Bertz CT molecular complexity index is 1160. The lowest BCUT2D eigenvalue weighted by Crippen LogP contribution is -2.41. The second-order valence-electron chi connectivity index (χ2n) is 10.3. The number of hydrogen-bond acceptors (Lipinski definition) is 6. The molecule has 0 radical (unpaired) electrons. The predicted molar refractivity (Wildman–Crippen MR) is 133 cm³/mol. The first kappa shape index (κ1) is 21.6. The maximum Gasteiger partial charge on any atom is 0.178 e.